The van der Waals surface area contributed by atoms with Crippen molar-refractivity contribution in [2.75, 3.05) is 11.9 Å². The molecule has 3 N–H and O–H groups in total. The van der Waals surface area contributed by atoms with E-state index in [1.165, 1.54) is 0 Å². The van der Waals surface area contributed by atoms with Gasteiger partial charge in [0, 0.05) is 0 Å². The molecule has 0 aromatic carbocycles. The summed E-state index contributed by atoms with van der Waals surface area (Å²) in [7, 11) is 0. The first-order valence-corrected chi connectivity index (χ1v) is 7.95. The first-order chi connectivity index (χ1) is 11.1. The van der Waals surface area contributed by atoms with E-state index in [1.807, 2.05) is 20.8 Å². The van der Waals surface area contributed by atoms with Crippen molar-refractivity contribution in [3.63, 3.8) is 0 Å². The monoisotopic (exact) mass is 354 g/mol. The highest BCUT2D eigenvalue weighted by atomic mass is 35.5. The largest absolute Gasteiger partial charge is 0.447 e. The fraction of sp³-hybridized carbons (Fsp3) is 0.562. The van der Waals surface area contributed by atoms with Crippen molar-refractivity contribution >= 4 is 23.5 Å². The lowest BCUT2D eigenvalue weighted by molar-refractivity contribution is 0.0709. The van der Waals surface area contributed by atoms with Crippen molar-refractivity contribution in [2.45, 2.75) is 39.2 Å². The number of anilines is 1. The van der Waals surface area contributed by atoms with Crippen molar-refractivity contribution in [1.82, 2.24) is 4.98 Å². The Hall–Kier alpha value is -2.07. The van der Waals surface area contributed by atoms with Crippen molar-refractivity contribution in [2.24, 2.45) is 17.1 Å². The number of ether oxygens (including phenoxy) is 1. The first kappa shape index (κ1) is 18.3. The molecule has 24 heavy (non-hydrogen) atoms. The van der Waals surface area contributed by atoms with Crippen molar-refractivity contribution in [1.29, 1.82) is 5.26 Å². The molecule has 1 unspecified atom stereocenters. The number of aromatic nitrogens is 1. The highest BCUT2D eigenvalue weighted by Crippen LogP contribution is 2.50. The molecule has 1 saturated carbocycles. The zero-order chi connectivity index (χ0) is 18.1. The summed E-state index contributed by atoms with van der Waals surface area (Å²) >= 11 is 5.92. The molecule has 0 radical (unpaired) electrons. The molecule has 0 spiro atoms. The molecule has 6 nitrogen and oxygen atoms in total. The summed E-state index contributed by atoms with van der Waals surface area (Å²) in [4.78, 5) is 15.1. The van der Waals surface area contributed by atoms with E-state index < -0.39 is 22.9 Å². The molecule has 0 aliphatic heterocycles. The van der Waals surface area contributed by atoms with E-state index >= 15 is 0 Å². The number of nitriles is 1. The first-order valence-electron chi connectivity index (χ1n) is 7.57. The predicted octanol–water partition coefficient (Wildman–Crippen LogP) is 3.45. The molecule has 8 heteroatoms. The Bertz CT molecular complexity index is 695. The van der Waals surface area contributed by atoms with Crippen LogP contribution in [0.1, 0.15) is 39.2 Å². The van der Waals surface area contributed by atoms with Crippen LogP contribution in [-0.2, 0) is 4.74 Å². The Morgan fingerprint density at radius 1 is 1.58 bits per heavy atom. The summed E-state index contributed by atoms with van der Waals surface area (Å²) in [5.41, 5.74) is 3.92. The van der Waals surface area contributed by atoms with E-state index in [-0.39, 0.29) is 29.1 Å². The predicted molar refractivity (Wildman–Crippen MR) is 88.0 cm³/mol. The normalized spacial score (nSPS) is 16.8. The van der Waals surface area contributed by atoms with Crippen LogP contribution in [-0.4, -0.2) is 23.2 Å². The van der Waals surface area contributed by atoms with Crippen LogP contribution in [0.25, 0.3) is 0 Å². The van der Waals surface area contributed by atoms with Crippen LogP contribution in [0.4, 0.5) is 15.0 Å². The van der Waals surface area contributed by atoms with E-state index in [9.17, 15) is 9.18 Å². The van der Waals surface area contributed by atoms with Gasteiger partial charge in [-0.05, 0) is 30.2 Å². The summed E-state index contributed by atoms with van der Waals surface area (Å²) in [5.74, 6) is -0.592. The van der Waals surface area contributed by atoms with Gasteiger partial charge in [-0.2, -0.15) is 5.26 Å². The number of rotatable bonds is 5. The Labute approximate surface area is 145 Å². The molecule has 1 atom stereocenters. The van der Waals surface area contributed by atoms with Gasteiger partial charge in [-0.25, -0.2) is 14.2 Å². The third kappa shape index (κ3) is 3.54. The average Bonchev–Trinajstić information content (AvgIpc) is 3.29. The number of hydrogen-bond acceptors (Lipinski definition) is 5. The standard InChI is InChI=1S/C16H20ClFN4O2/c1-15(2,3)16(10-4-5-10,8-24-14(20)23)22-13-11(18)6-9(7-19)12(17)21-13/h6,10H,4-5,8H2,1-3H3,(H2,20,23)(H,21,22). The van der Waals surface area contributed by atoms with Crippen molar-refractivity contribution in [3.05, 3.63) is 22.6 Å². The van der Waals surface area contributed by atoms with Gasteiger partial charge in [-0.15, -0.1) is 0 Å². The lowest BCUT2D eigenvalue weighted by Crippen LogP contribution is -2.56. The molecule has 1 aromatic heterocycles. The lowest BCUT2D eigenvalue weighted by atomic mass is 9.70. The van der Waals surface area contributed by atoms with Crippen molar-refractivity contribution < 1.29 is 13.9 Å². The Morgan fingerprint density at radius 3 is 2.67 bits per heavy atom. The van der Waals surface area contributed by atoms with Crippen molar-refractivity contribution in [3.8, 4) is 6.07 Å². The second-order valence-corrected chi connectivity index (χ2v) is 7.36. The third-order valence-corrected chi connectivity index (χ3v) is 4.73. The number of halogens is 2. The number of nitrogens with two attached hydrogens (primary N) is 1. The van der Waals surface area contributed by atoms with Crippen LogP contribution >= 0.6 is 11.6 Å². The maximum absolute atomic E-state index is 14.4. The zero-order valence-electron chi connectivity index (χ0n) is 13.8. The summed E-state index contributed by atoms with van der Waals surface area (Å²) in [5, 5.41) is 11.9. The average molecular weight is 355 g/mol. The van der Waals surface area contributed by atoms with Crippen LogP contribution in [0.15, 0.2) is 6.07 Å². The number of primary amides is 1. The second-order valence-electron chi connectivity index (χ2n) is 7.00. The van der Waals surface area contributed by atoms with Crippen LogP contribution < -0.4 is 11.1 Å². The molecule has 1 aliphatic rings. The fourth-order valence-electron chi connectivity index (χ4n) is 2.88. The van der Waals surface area contributed by atoms with E-state index in [4.69, 9.17) is 27.3 Å². The SMILES string of the molecule is CC(C)(C)C(COC(N)=O)(Nc1nc(Cl)c(C#N)cc1F)C1CC1. The minimum atomic E-state index is -0.891. The Kier molecular flexibility index (Phi) is 4.90. The summed E-state index contributed by atoms with van der Waals surface area (Å²) in [6.07, 6.45) is 0.938. The number of hydrogen-bond donors (Lipinski definition) is 2. The smallest absolute Gasteiger partial charge is 0.404 e. The van der Waals surface area contributed by atoms with Gasteiger partial charge in [0.05, 0.1) is 11.1 Å². The van der Waals surface area contributed by atoms with Gasteiger partial charge in [0.2, 0.25) is 0 Å². The summed E-state index contributed by atoms with van der Waals surface area (Å²) < 4.78 is 19.4. The molecule has 0 bridgehead atoms. The van der Waals surface area contributed by atoms with Crippen LogP contribution in [0.3, 0.4) is 0 Å². The van der Waals surface area contributed by atoms with Gasteiger partial charge >= 0.3 is 6.09 Å². The maximum Gasteiger partial charge on any atom is 0.404 e. The molecule has 1 fully saturated rings. The van der Waals surface area contributed by atoms with E-state index in [1.54, 1.807) is 6.07 Å². The summed E-state index contributed by atoms with van der Waals surface area (Å²) in [6, 6.07) is 2.82. The van der Waals surface area contributed by atoms with Crippen LogP contribution in [0.2, 0.25) is 5.15 Å². The molecule has 130 valence electrons. The molecule has 1 amide bonds. The molecule has 1 aliphatic carbocycles. The molecule has 1 heterocycles. The lowest BCUT2D eigenvalue weighted by Gasteiger charge is -2.45. The topological polar surface area (TPSA) is 101 Å². The van der Waals surface area contributed by atoms with Crippen LogP contribution in [0.5, 0.6) is 0 Å². The molecule has 0 saturated heterocycles. The van der Waals surface area contributed by atoms with Gasteiger partial charge in [0.25, 0.3) is 0 Å². The van der Waals surface area contributed by atoms with Gasteiger partial charge < -0.3 is 15.8 Å². The number of amides is 1. The molecule has 2 rings (SSSR count). The quantitative estimate of drug-likeness (QED) is 0.788. The minimum absolute atomic E-state index is 0.0186. The van der Waals surface area contributed by atoms with Gasteiger partial charge in [0.15, 0.2) is 11.6 Å². The highest BCUT2D eigenvalue weighted by molar-refractivity contribution is 6.30. The zero-order valence-corrected chi connectivity index (χ0v) is 14.6. The number of nitrogens with one attached hydrogen (secondary N) is 1. The Morgan fingerprint density at radius 2 is 2.21 bits per heavy atom. The van der Waals surface area contributed by atoms with Gasteiger partial charge in [-0.1, -0.05) is 32.4 Å². The third-order valence-electron chi connectivity index (χ3n) is 4.45. The maximum atomic E-state index is 14.4. The van der Waals surface area contributed by atoms with E-state index in [2.05, 4.69) is 10.3 Å². The fourth-order valence-corrected chi connectivity index (χ4v) is 3.06. The number of nitrogens with zero attached hydrogens (tertiary/aromatic N) is 2. The van der Waals surface area contributed by atoms with E-state index in [0.717, 1.165) is 18.9 Å². The minimum Gasteiger partial charge on any atom is -0.447 e. The number of pyridine rings is 1. The van der Waals surface area contributed by atoms with Gasteiger partial charge in [0.1, 0.15) is 17.8 Å². The molecular weight excluding hydrogens is 335 g/mol. The number of carbonyl (C=O) groups excluding carboxylic acids is 1. The second kappa shape index (κ2) is 6.44. The highest BCUT2D eigenvalue weighted by Gasteiger charge is 2.54. The van der Waals surface area contributed by atoms with Crippen LogP contribution in [0, 0.1) is 28.5 Å². The number of carbonyl (C=O) groups is 1. The van der Waals surface area contributed by atoms with E-state index in [0.29, 0.717) is 0 Å². The molecular formula is C16H20ClFN4O2. The van der Waals surface area contributed by atoms with Gasteiger partial charge in [-0.3, -0.25) is 0 Å². The molecule has 1 aromatic rings. The Balaban J connectivity index is 2.44. The summed E-state index contributed by atoms with van der Waals surface area (Å²) in [6.45, 7) is 5.87.